The number of carbonyl (C=O) groups excluding carboxylic acids is 1. The minimum absolute atomic E-state index is 0.0736. The molecule has 2 saturated carbocycles. The molecule has 0 aliphatic heterocycles. The predicted molar refractivity (Wildman–Crippen MR) is 65.1 cm³/mol. The quantitative estimate of drug-likeness (QED) is 0.784. The lowest BCUT2D eigenvalue weighted by Gasteiger charge is -2.36. The Labute approximate surface area is 100 Å². The SMILES string of the molecule is O=C(CC1CC1)NC1(CBr)CCCCC1. The first-order valence-corrected chi connectivity index (χ1v) is 7.23. The molecule has 2 fully saturated rings. The summed E-state index contributed by atoms with van der Waals surface area (Å²) in [6.07, 6.45) is 9.42. The summed E-state index contributed by atoms with van der Waals surface area (Å²) in [5, 5.41) is 4.18. The Kier molecular flexibility index (Phi) is 3.70. The second kappa shape index (κ2) is 4.86. The van der Waals surface area contributed by atoms with Crippen LogP contribution in [0.4, 0.5) is 0 Å². The first kappa shape index (κ1) is 11.4. The zero-order chi connectivity index (χ0) is 10.7. The van der Waals surface area contributed by atoms with Crippen LogP contribution in [-0.4, -0.2) is 16.8 Å². The van der Waals surface area contributed by atoms with Gasteiger partial charge in [-0.15, -0.1) is 0 Å². The number of hydrogen-bond acceptors (Lipinski definition) is 1. The Morgan fingerprint density at radius 2 is 1.93 bits per heavy atom. The van der Waals surface area contributed by atoms with Gasteiger partial charge in [0, 0.05) is 17.3 Å². The van der Waals surface area contributed by atoms with Crippen LogP contribution in [0.15, 0.2) is 0 Å². The van der Waals surface area contributed by atoms with Crippen molar-refractivity contribution in [2.24, 2.45) is 5.92 Å². The monoisotopic (exact) mass is 273 g/mol. The van der Waals surface area contributed by atoms with E-state index in [1.807, 2.05) is 0 Å². The highest BCUT2D eigenvalue weighted by Gasteiger charge is 2.34. The van der Waals surface area contributed by atoms with Gasteiger partial charge in [-0.1, -0.05) is 35.2 Å². The number of nitrogens with one attached hydrogen (secondary N) is 1. The van der Waals surface area contributed by atoms with E-state index in [0.29, 0.717) is 5.92 Å². The molecule has 2 aliphatic rings. The van der Waals surface area contributed by atoms with E-state index in [9.17, 15) is 4.79 Å². The Bertz CT molecular complexity index is 232. The van der Waals surface area contributed by atoms with Crippen LogP contribution < -0.4 is 5.32 Å². The lowest BCUT2D eigenvalue weighted by atomic mass is 9.83. The molecule has 0 aromatic heterocycles. The Morgan fingerprint density at radius 1 is 1.27 bits per heavy atom. The lowest BCUT2D eigenvalue weighted by Crippen LogP contribution is -2.51. The third-order valence-corrected chi connectivity index (χ3v) is 4.72. The summed E-state index contributed by atoms with van der Waals surface area (Å²) in [6, 6.07) is 0. The topological polar surface area (TPSA) is 29.1 Å². The van der Waals surface area contributed by atoms with E-state index in [1.165, 1.54) is 32.1 Å². The maximum absolute atomic E-state index is 11.8. The van der Waals surface area contributed by atoms with Crippen LogP contribution in [0.2, 0.25) is 0 Å². The van der Waals surface area contributed by atoms with E-state index in [2.05, 4.69) is 21.2 Å². The number of amides is 1. The van der Waals surface area contributed by atoms with Crippen molar-refractivity contribution in [3.05, 3.63) is 0 Å². The van der Waals surface area contributed by atoms with E-state index < -0.39 is 0 Å². The van der Waals surface area contributed by atoms with Crippen LogP contribution in [0, 0.1) is 5.92 Å². The van der Waals surface area contributed by atoms with Gasteiger partial charge in [-0.05, 0) is 31.6 Å². The summed E-state index contributed by atoms with van der Waals surface area (Å²) >= 11 is 3.56. The molecule has 0 heterocycles. The molecule has 0 spiro atoms. The number of alkyl halides is 1. The highest BCUT2D eigenvalue weighted by Crippen LogP contribution is 2.34. The molecule has 2 nitrogen and oxygen atoms in total. The summed E-state index contributed by atoms with van der Waals surface area (Å²) in [5.74, 6) is 0.972. The average molecular weight is 274 g/mol. The van der Waals surface area contributed by atoms with E-state index in [1.54, 1.807) is 0 Å². The molecule has 0 saturated heterocycles. The van der Waals surface area contributed by atoms with Gasteiger partial charge < -0.3 is 5.32 Å². The molecule has 2 rings (SSSR count). The van der Waals surface area contributed by atoms with Gasteiger partial charge in [0.1, 0.15) is 0 Å². The number of carbonyl (C=O) groups is 1. The van der Waals surface area contributed by atoms with Crippen LogP contribution in [-0.2, 0) is 4.79 Å². The largest absolute Gasteiger partial charge is 0.350 e. The highest BCUT2D eigenvalue weighted by atomic mass is 79.9. The van der Waals surface area contributed by atoms with Crippen molar-refractivity contribution in [3.8, 4) is 0 Å². The predicted octanol–water partition coefficient (Wildman–Crippen LogP) is 3.00. The van der Waals surface area contributed by atoms with Crippen molar-refractivity contribution in [2.45, 2.75) is 56.9 Å². The molecule has 1 amide bonds. The molecular formula is C12H20BrNO. The second-order valence-corrected chi connectivity index (χ2v) is 5.73. The molecule has 86 valence electrons. The van der Waals surface area contributed by atoms with Gasteiger partial charge in [-0.3, -0.25) is 4.79 Å². The first-order chi connectivity index (χ1) is 7.24. The van der Waals surface area contributed by atoms with E-state index >= 15 is 0 Å². The number of rotatable bonds is 4. The summed E-state index contributed by atoms with van der Waals surface area (Å²) in [5.41, 5.74) is 0.0736. The lowest BCUT2D eigenvalue weighted by molar-refractivity contribution is -0.123. The Balaban J connectivity index is 1.84. The minimum Gasteiger partial charge on any atom is -0.350 e. The fourth-order valence-corrected chi connectivity index (χ4v) is 3.15. The molecule has 0 bridgehead atoms. The smallest absolute Gasteiger partial charge is 0.220 e. The van der Waals surface area contributed by atoms with Crippen molar-refractivity contribution in [2.75, 3.05) is 5.33 Å². The van der Waals surface area contributed by atoms with Crippen molar-refractivity contribution >= 4 is 21.8 Å². The molecule has 0 aromatic rings. The maximum Gasteiger partial charge on any atom is 0.220 e. The van der Waals surface area contributed by atoms with Gasteiger partial charge in [0.05, 0.1) is 0 Å². The Hall–Kier alpha value is -0.0500. The van der Waals surface area contributed by atoms with Crippen LogP contribution in [0.5, 0.6) is 0 Å². The van der Waals surface area contributed by atoms with Crippen LogP contribution >= 0.6 is 15.9 Å². The van der Waals surface area contributed by atoms with Crippen molar-refractivity contribution in [1.29, 1.82) is 0 Å². The highest BCUT2D eigenvalue weighted by molar-refractivity contribution is 9.09. The van der Waals surface area contributed by atoms with Gasteiger partial charge in [-0.2, -0.15) is 0 Å². The second-order valence-electron chi connectivity index (χ2n) is 5.17. The molecule has 15 heavy (non-hydrogen) atoms. The van der Waals surface area contributed by atoms with Crippen LogP contribution in [0.3, 0.4) is 0 Å². The van der Waals surface area contributed by atoms with Gasteiger partial charge in [-0.25, -0.2) is 0 Å². The summed E-state index contributed by atoms with van der Waals surface area (Å²) in [7, 11) is 0. The fraction of sp³-hybridized carbons (Fsp3) is 0.917. The average Bonchev–Trinajstić information content (AvgIpc) is 3.03. The van der Waals surface area contributed by atoms with Crippen molar-refractivity contribution < 1.29 is 4.79 Å². The van der Waals surface area contributed by atoms with Gasteiger partial charge >= 0.3 is 0 Å². The van der Waals surface area contributed by atoms with E-state index in [0.717, 1.165) is 24.6 Å². The number of hydrogen-bond donors (Lipinski definition) is 1. The van der Waals surface area contributed by atoms with Crippen molar-refractivity contribution in [3.63, 3.8) is 0 Å². The fourth-order valence-electron chi connectivity index (χ4n) is 2.45. The van der Waals surface area contributed by atoms with Crippen molar-refractivity contribution in [1.82, 2.24) is 5.32 Å². The molecule has 0 radical (unpaired) electrons. The first-order valence-electron chi connectivity index (χ1n) is 6.11. The molecule has 3 heteroatoms. The molecule has 2 aliphatic carbocycles. The maximum atomic E-state index is 11.8. The van der Waals surface area contributed by atoms with Crippen LogP contribution in [0.25, 0.3) is 0 Å². The molecule has 1 N–H and O–H groups in total. The van der Waals surface area contributed by atoms with Crippen LogP contribution in [0.1, 0.15) is 51.4 Å². The summed E-state index contributed by atoms with van der Waals surface area (Å²) < 4.78 is 0. The zero-order valence-corrected chi connectivity index (χ0v) is 10.8. The normalized spacial score (nSPS) is 24.9. The van der Waals surface area contributed by atoms with E-state index in [-0.39, 0.29) is 11.4 Å². The van der Waals surface area contributed by atoms with Gasteiger partial charge in [0.2, 0.25) is 5.91 Å². The zero-order valence-electron chi connectivity index (χ0n) is 9.23. The molecular weight excluding hydrogens is 254 g/mol. The van der Waals surface area contributed by atoms with E-state index in [4.69, 9.17) is 0 Å². The van der Waals surface area contributed by atoms with Gasteiger partial charge in [0.25, 0.3) is 0 Å². The standard InChI is InChI=1S/C12H20BrNO/c13-9-12(6-2-1-3-7-12)14-11(15)8-10-4-5-10/h10H,1-9H2,(H,14,15). The minimum atomic E-state index is 0.0736. The molecule has 0 aromatic carbocycles. The Morgan fingerprint density at radius 3 is 2.47 bits per heavy atom. The summed E-state index contributed by atoms with van der Waals surface area (Å²) in [6.45, 7) is 0. The molecule has 0 atom stereocenters. The third kappa shape index (κ3) is 3.20. The summed E-state index contributed by atoms with van der Waals surface area (Å²) in [4.78, 5) is 11.8. The third-order valence-electron chi connectivity index (χ3n) is 3.64. The number of halogens is 1. The van der Waals surface area contributed by atoms with Gasteiger partial charge in [0.15, 0.2) is 0 Å². The molecule has 0 unspecified atom stereocenters.